The Labute approximate surface area is 159 Å². The second kappa shape index (κ2) is 11.9. The Morgan fingerprint density at radius 1 is 1.08 bits per heavy atom. The van der Waals surface area contributed by atoms with Gasteiger partial charge in [-0.1, -0.05) is 50.3 Å². The molecule has 0 fully saturated rings. The van der Waals surface area contributed by atoms with Gasteiger partial charge in [0.25, 0.3) is 0 Å². The highest BCUT2D eigenvalue weighted by atomic mass is 35.5. The lowest BCUT2D eigenvalue weighted by Crippen LogP contribution is -2.37. The number of rotatable bonds is 10. The van der Waals surface area contributed by atoms with E-state index in [1.807, 2.05) is 30.9 Å². The van der Waals surface area contributed by atoms with Crippen LogP contribution < -0.4 is 0 Å². The van der Waals surface area contributed by atoms with E-state index in [0.717, 1.165) is 12.0 Å². The predicted octanol–water partition coefficient (Wildman–Crippen LogP) is 4.97. The van der Waals surface area contributed by atoms with Crippen molar-refractivity contribution in [3.63, 3.8) is 0 Å². The quantitative estimate of drug-likeness (QED) is 0.333. The first-order valence-corrected chi connectivity index (χ1v) is 8.64. The van der Waals surface area contributed by atoms with Crippen LogP contribution in [0.1, 0.15) is 44.7 Å². The van der Waals surface area contributed by atoms with Gasteiger partial charge in [-0.3, -0.25) is 9.69 Å². The lowest BCUT2D eigenvalue weighted by molar-refractivity contribution is -0.158. The van der Waals surface area contributed by atoms with Gasteiger partial charge in [-0.15, -0.1) is 25.6 Å². The Morgan fingerprint density at radius 2 is 1.60 bits per heavy atom. The smallest absolute Gasteiger partial charge is 0.314 e. The first kappa shape index (κ1) is 23.4. The Morgan fingerprint density at radius 3 is 2.04 bits per heavy atom. The number of carbonyl (C=O) groups is 1. The highest BCUT2D eigenvalue weighted by Crippen LogP contribution is 2.20. The monoisotopic (exact) mass is 365 g/mol. The zero-order valence-electron chi connectivity index (χ0n) is 15.9. The number of esters is 1. The highest BCUT2D eigenvalue weighted by Gasteiger charge is 2.22. The molecule has 1 rings (SSSR count). The minimum absolute atomic E-state index is 0. The first-order chi connectivity index (χ1) is 11.4. The van der Waals surface area contributed by atoms with Crippen LogP contribution in [0.5, 0.6) is 0 Å². The van der Waals surface area contributed by atoms with E-state index >= 15 is 0 Å². The minimum Gasteiger partial charge on any atom is -0.446 e. The van der Waals surface area contributed by atoms with Crippen molar-refractivity contribution in [2.75, 3.05) is 13.1 Å². The van der Waals surface area contributed by atoms with Gasteiger partial charge in [0.15, 0.2) is 6.23 Å². The predicted molar refractivity (Wildman–Crippen MR) is 108 cm³/mol. The molecule has 1 aromatic carbocycles. The van der Waals surface area contributed by atoms with Crippen LogP contribution in [0.4, 0.5) is 0 Å². The molecule has 2 atom stereocenters. The molecular formula is C21H32ClNO2. The zero-order chi connectivity index (χ0) is 18.1. The lowest BCUT2D eigenvalue weighted by atomic mass is 9.97. The largest absolute Gasteiger partial charge is 0.446 e. The van der Waals surface area contributed by atoms with Crippen LogP contribution in [-0.2, 0) is 16.0 Å². The molecule has 3 nitrogen and oxygen atoms in total. The van der Waals surface area contributed by atoms with Crippen molar-refractivity contribution in [2.24, 2.45) is 5.92 Å². The van der Waals surface area contributed by atoms with Gasteiger partial charge in [-0.05, 0) is 37.3 Å². The van der Waals surface area contributed by atoms with Crippen LogP contribution >= 0.6 is 12.4 Å². The summed E-state index contributed by atoms with van der Waals surface area (Å²) in [6.45, 7) is 17.0. The summed E-state index contributed by atoms with van der Waals surface area (Å²) in [4.78, 5) is 14.4. The second-order valence-electron chi connectivity index (χ2n) is 6.63. The van der Waals surface area contributed by atoms with Crippen LogP contribution in [-0.4, -0.2) is 30.2 Å². The lowest BCUT2D eigenvalue weighted by Gasteiger charge is -2.27. The summed E-state index contributed by atoms with van der Waals surface area (Å²) in [6.07, 6.45) is 4.33. The van der Waals surface area contributed by atoms with E-state index < -0.39 is 0 Å². The molecule has 4 heteroatoms. The molecule has 0 aromatic heterocycles. The molecule has 0 radical (unpaired) electrons. The second-order valence-corrected chi connectivity index (χ2v) is 6.63. The molecule has 140 valence electrons. The molecule has 0 N–H and O–H groups in total. The van der Waals surface area contributed by atoms with E-state index in [2.05, 4.69) is 39.1 Å². The molecule has 0 aliphatic heterocycles. The van der Waals surface area contributed by atoms with Crippen molar-refractivity contribution in [1.29, 1.82) is 0 Å². The first-order valence-electron chi connectivity index (χ1n) is 8.64. The highest BCUT2D eigenvalue weighted by molar-refractivity contribution is 5.85. The third kappa shape index (κ3) is 7.89. The van der Waals surface area contributed by atoms with E-state index in [1.54, 1.807) is 12.2 Å². The van der Waals surface area contributed by atoms with Crippen LogP contribution in [0.2, 0.25) is 0 Å². The molecule has 25 heavy (non-hydrogen) atoms. The van der Waals surface area contributed by atoms with Gasteiger partial charge in [-0.25, -0.2) is 0 Å². The van der Waals surface area contributed by atoms with Gasteiger partial charge in [0.1, 0.15) is 0 Å². The van der Waals surface area contributed by atoms with Gasteiger partial charge in [0, 0.05) is 13.1 Å². The van der Waals surface area contributed by atoms with E-state index in [0.29, 0.717) is 19.0 Å². The maximum Gasteiger partial charge on any atom is 0.314 e. The summed E-state index contributed by atoms with van der Waals surface area (Å²) in [6, 6.07) is 8.26. The molecule has 0 amide bonds. The van der Waals surface area contributed by atoms with Crippen LogP contribution in [0.3, 0.4) is 0 Å². The molecule has 1 aromatic rings. The SMILES string of the molecule is C=CCN(CC=C)C(C)OC(=O)C(C)c1ccc(CC(C)C)cc1.Cl. The maximum absolute atomic E-state index is 12.4. The Bertz CT molecular complexity index is 529. The third-order valence-electron chi connectivity index (χ3n) is 4.01. The number of ether oxygens (including phenoxy) is 1. The number of carbonyl (C=O) groups excluding carboxylic acids is 1. The summed E-state index contributed by atoms with van der Waals surface area (Å²) >= 11 is 0. The topological polar surface area (TPSA) is 29.5 Å². The van der Waals surface area contributed by atoms with Crippen LogP contribution in [0, 0.1) is 5.92 Å². The minimum atomic E-state index is -0.309. The summed E-state index contributed by atoms with van der Waals surface area (Å²) < 4.78 is 5.62. The molecule has 0 aliphatic rings. The molecule has 2 unspecified atom stereocenters. The molecule has 0 saturated carbocycles. The van der Waals surface area contributed by atoms with Crippen molar-refractivity contribution in [3.05, 3.63) is 60.7 Å². The average Bonchev–Trinajstić information content (AvgIpc) is 2.54. The summed E-state index contributed by atoms with van der Waals surface area (Å²) in [7, 11) is 0. The number of hydrogen-bond donors (Lipinski definition) is 0. The van der Waals surface area contributed by atoms with Gasteiger partial charge in [-0.2, -0.15) is 0 Å². The third-order valence-corrected chi connectivity index (χ3v) is 4.01. The van der Waals surface area contributed by atoms with E-state index in [9.17, 15) is 4.79 Å². The normalized spacial score (nSPS) is 13.0. The van der Waals surface area contributed by atoms with E-state index in [-0.39, 0.29) is 30.5 Å². The summed E-state index contributed by atoms with van der Waals surface area (Å²) in [5, 5.41) is 0. The fourth-order valence-electron chi connectivity index (χ4n) is 2.60. The fourth-order valence-corrected chi connectivity index (χ4v) is 2.60. The Hall–Kier alpha value is -1.58. The summed E-state index contributed by atoms with van der Waals surface area (Å²) in [5.41, 5.74) is 2.28. The van der Waals surface area contributed by atoms with Crippen molar-refractivity contribution in [2.45, 2.75) is 46.3 Å². The van der Waals surface area contributed by atoms with Crippen molar-refractivity contribution >= 4 is 18.4 Å². The number of hydrogen-bond acceptors (Lipinski definition) is 3. The maximum atomic E-state index is 12.4. The average molecular weight is 366 g/mol. The molecule has 0 saturated heterocycles. The van der Waals surface area contributed by atoms with Gasteiger partial charge >= 0.3 is 5.97 Å². The number of halogens is 1. The summed E-state index contributed by atoms with van der Waals surface area (Å²) in [5.74, 6) is 0.131. The van der Waals surface area contributed by atoms with Crippen molar-refractivity contribution in [3.8, 4) is 0 Å². The van der Waals surface area contributed by atoms with Crippen molar-refractivity contribution < 1.29 is 9.53 Å². The van der Waals surface area contributed by atoms with Gasteiger partial charge in [0.05, 0.1) is 5.92 Å². The van der Waals surface area contributed by atoms with Crippen LogP contribution in [0.25, 0.3) is 0 Å². The van der Waals surface area contributed by atoms with E-state index in [1.165, 1.54) is 5.56 Å². The zero-order valence-corrected chi connectivity index (χ0v) is 16.7. The van der Waals surface area contributed by atoms with Crippen molar-refractivity contribution in [1.82, 2.24) is 4.90 Å². The van der Waals surface area contributed by atoms with E-state index in [4.69, 9.17) is 4.74 Å². The molecule has 0 aliphatic carbocycles. The molecule has 0 spiro atoms. The van der Waals surface area contributed by atoms with Crippen LogP contribution in [0.15, 0.2) is 49.6 Å². The number of benzene rings is 1. The Kier molecular flexibility index (Phi) is 11.1. The molecule has 0 heterocycles. The van der Waals surface area contributed by atoms with Gasteiger partial charge < -0.3 is 4.74 Å². The van der Waals surface area contributed by atoms with Gasteiger partial charge in [0.2, 0.25) is 0 Å². The number of nitrogens with zero attached hydrogens (tertiary/aromatic N) is 1. The molecule has 0 bridgehead atoms. The molecular weight excluding hydrogens is 334 g/mol. The standard InChI is InChI=1S/C21H31NO2.ClH/c1-7-13-22(14-8-2)18(6)24-21(23)17(5)20-11-9-19(10-12-20)15-16(3)4;/h7-12,16-18H,1-2,13-15H2,3-6H3;1H. The Balaban J connectivity index is 0.00000576. The fraction of sp³-hybridized carbons (Fsp3) is 0.476.